The maximum Gasteiger partial charge on any atom is 0.225 e. The molecule has 1 atom stereocenters. The van der Waals surface area contributed by atoms with Gasteiger partial charge in [0.15, 0.2) is 0 Å². The van der Waals surface area contributed by atoms with E-state index in [-0.39, 0.29) is 11.9 Å². The minimum Gasteiger partial charge on any atom is -0.325 e. The molecule has 0 saturated carbocycles. The lowest BCUT2D eigenvalue weighted by atomic mass is 10.1. The van der Waals surface area contributed by atoms with Crippen LogP contribution in [-0.4, -0.2) is 48.0 Å². The van der Waals surface area contributed by atoms with Gasteiger partial charge in [0.05, 0.1) is 11.9 Å². The molecular weight excluding hydrogens is 228 g/mol. The minimum atomic E-state index is 0.0500. The third-order valence-electron chi connectivity index (χ3n) is 3.20. The first-order valence-electron chi connectivity index (χ1n) is 6.40. The van der Waals surface area contributed by atoms with Gasteiger partial charge in [0.1, 0.15) is 0 Å². The summed E-state index contributed by atoms with van der Waals surface area (Å²) in [7, 11) is 0. The van der Waals surface area contributed by atoms with Crippen molar-refractivity contribution >= 4 is 11.6 Å². The number of aromatic nitrogens is 1. The van der Waals surface area contributed by atoms with Gasteiger partial charge in [-0.25, -0.2) is 0 Å². The van der Waals surface area contributed by atoms with Gasteiger partial charge in [-0.15, -0.1) is 0 Å². The van der Waals surface area contributed by atoms with Crippen molar-refractivity contribution in [3.63, 3.8) is 0 Å². The van der Waals surface area contributed by atoms with Gasteiger partial charge in [-0.3, -0.25) is 14.7 Å². The van der Waals surface area contributed by atoms with E-state index in [1.165, 1.54) is 0 Å². The van der Waals surface area contributed by atoms with E-state index in [2.05, 4.69) is 27.4 Å². The Morgan fingerprint density at radius 2 is 2.33 bits per heavy atom. The number of amides is 1. The number of pyridine rings is 1. The van der Waals surface area contributed by atoms with Crippen molar-refractivity contribution in [1.29, 1.82) is 0 Å². The number of nitrogens with one attached hydrogen (secondary N) is 2. The average molecular weight is 248 g/mol. The summed E-state index contributed by atoms with van der Waals surface area (Å²) in [5.41, 5.74) is 0.759. The molecule has 1 aromatic heterocycles. The first-order valence-corrected chi connectivity index (χ1v) is 6.40. The van der Waals surface area contributed by atoms with Gasteiger partial charge < -0.3 is 10.6 Å². The van der Waals surface area contributed by atoms with E-state index in [4.69, 9.17) is 0 Å². The number of carbonyl (C=O) groups is 1. The molecule has 98 valence electrons. The predicted octanol–water partition coefficient (Wildman–Crippen LogP) is 0.704. The van der Waals surface area contributed by atoms with Crippen molar-refractivity contribution in [1.82, 2.24) is 15.2 Å². The number of hydrogen-bond acceptors (Lipinski definition) is 4. The maximum atomic E-state index is 11.9. The molecule has 0 bridgehead atoms. The summed E-state index contributed by atoms with van der Waals surface area (Å²) in [6.07, 6.45) is 3.88. The standard InChI is InChI=1S/C13H20N4O/c1-11(17-7-5-14-6-8-17)9-13(18)16-12-3-2-4-15-10-12/h2-4,10-11,14H,5-9H2,1H3,(H,16,18). The normalized spacial score (nSPS) is 18.3. The largest absolute Gasteiger partial charge is 0.325 e. The lowest BCUT2D eigenvalue weighted by molar-refractivity contribution is -0.117. The van der Waals surface area contributed by atoms with E-state index in [9.17, 15) is 4.79 Å². The van der Waals surface area contributed by atoms with Crippen LogP contribution in [0.25, 0.3) is 0 Å². The Labute approximate surface area is 108 Å². The van der Waals surface area contributed by atoms with Gasteiger partial charge in [0, 0.05) is 44.8 Å². The highest BCUT2D eigenvalue weighted by Gasteiger charge is 2.18. The average Bonchev–Trinajstić information content (AvgIpc) is 2.40. The second kappa shape index (κ2) is 6.47. The van der Waals surface area contributed by atoms with E-state index in [0.717, 1.165) is 31.9 Å². The number of rotatable bonds is 4. The van der Waals surface area contributed by atoms with Crippen molar-refractivity contribution in [3.8, 4) is 0 Å². The molecule has 0 aliphatic carbocycles. The van der Waals surface area contributed by atoms with E-state index < -0.39 is 0 Å². The van der Waals surface area contributed by atoms with Crippen molar-refractivity contribution in [2.75, 3.05) is 31.5 Å². The first kappa shape index (κ1) is 13.0. The Morgan fingerprint density at radius 3 is 3.00 bits per heavy atom. The molecule has 18 heavy (non-hydrogen) atoms. The fourth-order valence-corrected chi connectivity index (χ4v) is 2.17. The van der Waals surface area contributed by atoms with Gasteiger partial charge >= 0.3 is 0 Å². The summed E-state index contributed by atoms with van der Waals surface area (Å²) in [5, 5.41) is 6.18. The van der Waals surface area contributed by atoms with E-state index in [1.54, 1.807) is 12.4 Å². The van der Waals surface area contributed by atoms with Gasteiger partial charge in [0.25, 0.3) is 0 Å². The highest BCUT2D eigenvalue weighted by molar-refractivity contribution is 5.90. The van der Waals surface area contributed by atoms with E-state index in [1.807, 2.05) is 12.1 Å². The Hall–Kier alpha value is -1.46. The molecule has 5 heteroatoms. The van der Waals surface area contributed by atoms with E-state index in [0.29, 0.717) is 6.42 Å². The van der Waals surface area contributed by atoms with Crippen molar-refractivity contribution in [2.24, 2.45) is 0 Å². The van der Waals surface area contributed by atoms with Crippen LogP contribution in [0, 0.1) is 0 Å². The molecule has 1 fully saturated rings. The van der Waals surface area contributed by atoms with Crippen LogP contribution in [-0.2, 0) is 4.79 Å². The molecule has 1 aromatic rings. The Kier molecular flexibility index (Phi) is 4.66. The lowest BCUT2D eigenvalue weighted by Gasteiger charge is -2.32. The van der Waals surface area contributed by atoms with Crippen molar-refractivity contribution in [2.45, 2.75) is 19.4 Å². The molecule has 5 nitrogen and oxygen atoms in total. The molecule has 2 rings (SSSR count). The minimum absolute atomic E-state index is 0.0500. The molecule has 1 saturated heterocycles. The van der Waals surface area contributed by atoms with Crippen molar-refractivity contribution in [3.05, 3.63) is 24.5 Å². The van der Waals surface area contributed by atoms with Crippen LogP contribution in [0.3, 0.4) is 0 Å². The third-order valence-corrected chi connectivity index (χ3v) is 3.20. The van der Waals surface area contributed by atoms with Crippen LogP contribution in [0.4, 0.5) is 5.69 Å². The summed E-state index contributed by atoms with van der Waals surface area (Å²) >= 11 is 0. The smallest absolute Gasteiger partial charge is 0.225 e. The summed E-state index contributed by atoms with van der Waals surface area (Å²) in [6, 6.07) is 3.94. The second-order valence-corrected chi connectivity index (χ2v) is 4.63. The van der Waals surface area contributed by atoms with Crippen LogP contribution in [0.2, 0.25) is 0 Å². The molecule has 0 radical (unpaired) electrons. The maximum absolute atomic E-state index is 11.9. The zero-order valence-corrected chi connectivity index (χ0v) is 10.7. The zero-order valence-electron chi connectivity index (χ0n) is 10.7. The van der Waals surface area contributed by atoms with Gasteiger partial charge in [-0.05, 0) is 19.1 Å². The first-order chi connectivity index (χ1) is 8.75. The molecule has 1 aliphatic heterocycles. The quantitative estimate of drug-likeness (QED) is 0.823. The van der Waals surface area contributed by atoms with Crippen LogP contribution in [0.5, 0.6) is 0 Å². The molecule has 1 unspecified atom stereocenters. The number of anilines is 1. The number of carbonyl (C=O) groups excluding carboxylic acids is 1. The SMILES string of the molecule is CC(CC(=O)Nc1cccnc1)N1CCNCC1. The second-order valence-electron chi connectivity index (χ2n) is 4.63. The fourth-order valence-electron chi connectivity index (χ4n) is 2.17. The highest BCUT2D eigenvalue weighted by Crippen LogP contribution is 2.08. The van der Waals surface area contributed by atoms with Crippen LogP contribution < -0.4 is 10.6 Å². The molecule has 1 aliphatic rings. The molecule has 0 spiro atoms. The van der Waals surface area contributed by atoms with Gasteiger partial charge in [-0.1, -0.05) is 0 Å². The highest BCUT2D eigenvalue weighted by atomic mass is 16.1. The number of piperazine rings is 1. The van der Waals surface area contributed by atoms with Crippen LogP contribution in [0.1, 0.15) is 13.3 Å². The van der Waals surface area contributed by atoms with Gasteiger partial charge in [-0.2, -0.15) is 0 Å². The summed E-state index contributed by atoms with van der Waals surface area (Å²) < 4.78 is 0. The summed E-state index contributed by atoms with van der Waals surface area (Å²) in [5.74, 6) is 0.0500. The third kappa shape index (κ3) is 3.78. The Balaban J connectivity index is 1.79. The van der Waals surface area contributed by atoms with Crippen LogP contribution >= 0.6 is 0 Å². The fraction of sp³-hybridized carbons (Fsp3) is 0.538. The van der Waals surface area contributed by atoms with Gasteiger partial charge in [0.2, 0.25) is 5.91 Å². The molecular formula is C13H20N4O. The molecule has 2 heterocycles. The topological polar surface area (TPSA) is 57.3 Å². The number of hydrogen-bond donors (Lipinski definition) is 2. The summed E-state index contributed by atoms with van der Waals surface area (Å²) in [4.78, 5) is 18.2. The van der Waals surface area contributed by atoms with Crippen LogP contribution in [0.15, 0.2) is 24.5 Å². The predicted molar refractivity (Wildman–Crippen MR) is 71.4 cm³/mol. The molecule has 1 amide bonds. The Morgan fingerprint density at radius 1 is 1.56 bits per heavy atom. The number of nitrogens with zero attached hydrogens (tertiary/aromatic N) is 2. The lowest BCUT2D eigenvalue weighted by Crippen LogP contribution is -2.48. The molecule has 0 aromatic carbocycles. The van der Waals surface area contributed by atoms with Crippen molar-refractivity contribution < 1.29 is 4.79 Å². The molecule has 2 N–H and O–H groups in total. The van der Waals surface area contributed by atoms with E-state index >= 15 is 0 Å². The summed E-state index contributed by atoms with van der Waals surface area (Å²) in [6.45, 7) is 6.15. The Bertz CT molecular complexity index is 376. The monoisotopic (exact) mass is 248 g/mol. The zero-order chi connectivity index (χ0) is 12.8.